The first-order valence-electron chi connectivity index (χ1n) is 5.82. The molecule has 0 aromatic rings. The summed E-state index contributed by atoms with van der Waals surface area (Å²) in [6.45, 7) is 0. The lowest BCUT2D eigenvalue weighted by atomic mass is 9.95. The Morgan fingerprint density at radius 1 is 1.27 bits per heavy atom. The molecule has 1 amide bonds. The van der Waals surface area contributed by atoms with Gasteiger partial charge in [0.2, 0.25) is 5.91 Å². The number of amides is 1. The summed E-state index contributed by atoms with van der Waals surface area (Å²) in [6, 6.07) is 0.0789. The highest BCUT2D eigenvalue weighted by atomic mass is 79.9. The minimum Gasteiger partial charge on any atom is -0.286 e. The van der Waals surface area contributed by atoms with Crippen molar-refractivity contribution in [2.24, 2.45) is 0 Å². The van der Waals surface area contributed by atoms with Crippen LogP contribution in [-0.4, -0.2) is 27.5 Å². The number of unbranched alkanes of at least 4 members (excludes halogenated alkanes) is 1. The molecular weight excluding hydrogens is 258 g/mol. The molecule has 4 heteroatoms. The van der Waals surface area contributed by atoms with Crippen LogP contribution in [0.15, 0.2) is 0 Å². The van der Waals surface area contributed by atoms with Crippen molar-refractivity contribution in [3.05, 3.63) is 0 Å². The van der Waals surface area contributed by atoms with Crippen molar-refractivity contribution in [1.82, 2.24) is 5.06 Å². The number of nitrogens with zero attached hydrogens (tertiary/aromatic N) is 1. The second-order valence-corrected chi connectivity index (χ2v) is 4.97. The first-order chi connectivity index (χ1) is 7.25. The molecule has 1 rings (SSSR count). The number of hydroxylamine groups is 2. The van der Waals surface area contributed by atoms with E-state index in [1.54, 1.807) is 0 Å². The highest BCUT2D eigenvalue weighted by molar-refractivity contribution is 9.09. The Kier molecular flexibility index (Phi) is 6.25. The van der Waals surface area contributed by atoms with Gasteiger partial charge < -0.3 is 0 Å². The Hall–Kier alpha value is -0.0900. The molecule has 88 valence electrons. The smallest absolute Gasteiger partial charge is 0.246 e. The van der Waals surface area contributed by atoms with Crippen molar-refractivity contribution in [3.63, 3.8) is 0 Å². The zero-order valence-corrected chi connectivity index (χ0v) is 10.7. The van der Waals surface area contributed by atoms with Crippen molar-refractivity contribution in [3.8, 4) is 0 Å². The fraction of sp³-hybridized carbons (Fsp3) is 0.909. The van der Waals surface area contributed by atoms with Crippen molar-refractivity contribution in [2.45, 2.75) is 57.4 Å². The number of halogens is 1. The molecule has 0 atom stereocenters. The van der Waals surface area contributed by atoms with Gasteiger partial charge in [-0.3, -0.25) is 10.0 Å². The molecule has 0 radical (unpaired) electrons. The van der Waals surface area contributed by atoms with E-state index < -0.39 is 0 Å². The van der Waals surface area contributed by atoms with Crippen LogP contribution in [0, 0.1) is 0 Å². The Morgan fingerprint density at radius 2 is 1.93 bits per heavy atom. The van der Waals surface area contributed by atoms with Gasteiger partial charge in [0, 0.05) is 11.8 Å². The van der Waals surface area contributed by atoms with E-state index >= 15 is 0 Å². The standard InChI is InChI=1S/C11H20BrNO2/c12-9-5-4-8-11(14)13(15)10-6-2-1-3-7-10/h10,15H,1-9H2. The SMILES string of the molecule is O=C(CCCCBr)N(O)C1CCCCC1. The Labute approximate surface area is 99.9 Å². The van der Waals surface area contributed by atoms with Gasteiger partial charge in [0.1, 0.15) is 0 Å². The van der Waals surface area contributed by atoms with E-state index in [1.165, 1.54) is 6.42 Å². The molecule has 1 aliphatic rings. The first kappa shape index (κ1) is 13.0. The van der Waals surface area contributed by atoms with E-state index in [4.69, 9.17) is 0 Å². The van der Waals surface area contributed by atoms with Crippen LogP contribution in [0.1, 0.15) is 51.4 Å². The summed E-state index contributed by atoms with van der Waals surface area (Å²) < 4.78 is 0. The quantitative estimate of drug-likeness (QED) is 0.363. The van der Waals surface area contributed by atoms with E-state index in [2.05, 4.69) is 15.9 Å². The lowest BCUT2D eigenvalue weighted by Crippen LogP contribution is -2.38. The van der Waals surface area contributed by atoms with Gasteiger partial charge in [-0.25, -0.2) is 5.06 Å². The van der Waals surface area contributed by atoms with E-state index in [0.29, 0.717) is 6.42 Å². The summed E-state index contributed by atoms with van der Waals surface area (Å²) in [6.07, 6.45) is 7.74. The molecule has 0 bridgehead atoms. The summed E-state index contributed by atoms with van der Waals surface area (Å²) in [5, 5.41) is 11.6. The summed E-state index contributed by atoms with van der Waals surface area (Å²) in [4.78, 5) is 11.6. The molecule has 0 aliphatic heterocycles. The third-order valence-electron chi connectivity index (χ3n) is 2.95. The third kappa shape index (κ3) is 4.51. The van der Waals surface area contributed by atoms with Crippen LogP contribution in [0.3, 0.4) is 0 Å². The predicted molar refractivity (Wildman–Crippen MR) is 63.2 cm³/mol. The van der Waals surface area contributed by atoms with Gasteiger partial charge in [-0.05, 0) is 25.7 Å². The van der Waals surface area contributed by atoms with Crippen molar-refractivity contribution >= 4 is 21.8 Å². The van der Waals surface area contributed by atoms with Crippen LogP contribution in [-0.2, 0) is 4.79 Å². The number of rotatable bonds is 5. The average molecular weight is 278 g/mol. The number of hydrogen-bond donors (Lipinski definition) is 1. The number of hydrogen-bond acceptors (Lipinski definition) is 2. The van der Waals surface area contributed by atoms with Crippen LogP contribution in [0.2, 0.25) is 0 Å². The van der Waals surface area contributed by atoms with Gasteiger partial charge in [-0.15, -0.1) is 0 Å². The number of carbonyl (C=O) groups excluding carboxylic acids is 1. The molecule has 1 saturated carbocycles. The summed E-state index contributed by atoms with van der Waals surface area (Å²) >= 11 is 3.33. The maximum absolute atomic E-state index is 11.6. The molecule has 1 N–H and O–H groups in total. The molecule has 15 heavy (non-hydrogen) atoms. The highest BCUT2D eigenvalue weighted by Gasteiger charge is 2.23. The second kappa shape index (κ2) is 7.23. The number of alkyl halides is 1. The molecule has 0 heterocycles. The molecule has 0 saturated heterocycles. The van der Waals surface area contributed by atoms with Gasteiger partial charge in [-0.1, -0.05) is 35.2 Å². The van der Waals surface area contributed by atoms with E-state index in [-0.39, 0.29) is 11.9 Å². The van der Waals surface area contributed by atoms with Crippen molar-refractivity contribution in [1.29, 1.82) is 0 Å². The molecule has 1 fully saturated rings. The normalized spacial score (nSPS) is 17.7. The Morgan fingerprint density at radius 3 is 2.53 bits per heavy atom. The monoisotopic (exact) mass is 277 g/mol. The van der Waals surface area contributed by atoms with Crippen LogP contribution in [0.4, 0.5) is 0 Å². The molecule has 1 aliphatic carbocycles. The van der Waals surface area contributed by atoms with Crippen LogP contribution < -0.4 is 0 Å². The molecule has 3 nitrogen and oxygen atoms in total. The lowest BCUT2D eigenvalue weighted by Gasteiger charge is -2.29. The summed E-state index contributed by atoms with van der Waals surface area (Å²) in [7, 11) is 0. The maximum atomic E-state index is 11.6. The van der Waals surface area contributed by atoms with Crippen molar-refractivity contribution in [2.75, 3.05) is 5.33 Å². The average Bonchev–Trinajstić information content (AvgIpc) is 2.29. The van der Waals surface area contributed by atoms with Gasteiger partial charge >= 0.3 is 0 Å². The molecule has 0 spiro atoms. The molecular formula is C11H20BrNO2. The zero-order chi connectivity index (χ0) is 11.1. The maximum Gasteiger partial charge on any atom is 0.246 e. The van der Waals surface area contributed by atoms with Gasteiger partial charge in [0.15, 0.2) is 0 Å². The molecule has 0 unspecified atom stereocenters. The second-order valence-electron chi connectivity index (χ2n) is 4.18. The molecule has 0 aromatic carbocycles. The van der Waals surface area contributed by atoms with Crippen LogP contribution in [0.25, 0.3) is 0 Å². The number of carbonyl (C=O) groups is 1. The predicted octanol–water partition coefficient (Wildman–Crippen LogP) is 3.10. The minimum absolute atomic E-state index is 0.0789. The van der Waals surface area contributed by atoms with E-state index in [0.717, 1.165) is 48.9 Å². The molecule has 0 aromatic heterocycles. The van der Waals surface area contributed by atoms with E-state index in [9.17, 15) is 10.0 Å². The highest BCUT2D eigenvalue weighted by Crippen LogP contribution is 2.22. The fourth-order valence-corrected chi connectivity index (χ4v) is 2.41. The van der Waals surface area contributed by atoms with Gasteiger partial charge in [0.05, 0.1) is 6.04 Å². The van der Waals surface area contributed by atoms with Gasteiger partial charge in [-0.2, -0.15) is 0 Å². The minimum atomic E-state index is -0.108. The summed E-state index contributed by atoms with van der Waals surface area (Å²) in [5.74, 6) is -0.108. The fourth-order valence-electron chi connectivity index (χ4n) is 2.01. The lowest BCUT2D eigenvalue weighted by molar-refractivity contribution is -0.178. The third-order valence-corrected chi connectivity index (χ3v) is 3.51. The topological polar surface area (TPSA) is 40.5 Å². The van der Waals surface area contributed by atoms with E-state index in [1.807, 2.05) is 0 Å². The van der Waals surface area contributed by atoms with Crippen LogP contribution in [0.5, 0.6) is 0 Å². The Bertz CT molecular complexity index is 193. The van der Waals surface area contributed by atoms with Gasteiger partial charge in [0.25, 0.3) is 0 Å². The zero-order valence-electron chi connectivity index (χ0n) is 9.12. The first-order valence-corrected chi connectivity index (χ1v) is 6.94. The Balaban J connectivity index is 2.24. The van der Waals surface area contributed by atoms with Crippen molar-refractivity contribution < 1.29 is 10.0 Å². The van der Waals surface area contributed by atoms with Crippen LogP contribution >= 0.6 is 15.9 Å². The summed E-state index contributed by atoms with van der Waals surface area (Å²) in [5.41, 5.74) is 0. The largest absolute Gasteiger partial charge is 0.286 e.